The van der Waals surface area contributed by atoms with Gasteiger partial charge in [-0.2, -0.15) is 0 Å². The molecule has 0 fully saturated rings. The van der Waals surface area contributed by atoms with Gasteiger partial charge in [0.2, 0.25) is 0 Å². The fraction of sp³-hybridized carbons (Fsp3) is 0.647. The molecule has 0 radical (unpaired) electrons. The van der Waals surface area contributed by atoms with Gasteiger partial charge in [0.15, 0.2) is 11.6 Å². The van der Waals surface area contributed by atoms with Gasteiger partial charge in [-0.15, -0.1) is 0 Å². The maximum absolute atomic E-state index is 11.5. The SMILES string of the molecule is CCCCCCC(=O)/C=C\C/C=C\C(=O)CCCC. The average molecular weight is 264 g/mol. The molecule has 0 N–H and O–H groups in total. The van der Waals surface area contributed by atoms with Crippen molar-refractivity contribution in [2.75, 3.05) is 0 Å². The number of unbranched alkanes of at least 4 members (excludes halogenated alkanes) is 4. The summed E-state index contributed by atoms with van der Waals surface area (Å²) in [6.07, 6.45) is 15.4. The maximum Gasteiger partial charge on any atom is 0.155 e. The Balaban J connectivity index is 3.63. The lowest BCUT2D eigenvalue weighted by molar-refractivity contribution is -0.115. The first-order valence-electron chi connectivity index (χ1n) is 7.59. The van der Waals surface area contributed by atoms with E-state index in [0.29, 0.717) is 19.3 Å². The molecule has 0 amide bonds. The minimum Gasteiger partial charge on any atom is -0.295 e. The lowest BCUT2D eigenvalue weighted by Crippen LogP contribution is -1.92. The van der Waals surface area contributed by atoms with E-state index in [1.54, 1.807) is 12.2 Å². The van der Waals surface area contributed by atoms with Crippen molar-refractivity contribution in [2.24, 2.45) is 0 Å². The maximum atomic E-state index is 11.5. The molecule has 0 aromatic rings. The standard InChI is InChI=1S/C17H28O2/c1-3-5-7-9-13-17(19)15-11-8-10-14-16(18)12-6-4-2/h10-11,14-15H,3-9,12-13H2,1-2H3/b14-10-,15-11-. The van der Waals surface area contributed by atoms with Crippen molar-refractivity contribution in [1.29, 1.82) is 0 Å². The fourth-order valence-corrected chi connectivity index (χ4v) is 1.72. The third-order valence-electron chi connectivity index (χ3n) is 2.93. The third kappa shape index (κ3) is 13.1. The average Bonchev–Trinajstić information content (AvgIpc) is 2.41. The molecular weight excluding hydrogens is 236 g/mol. The summed E-state index contributed by atoms with van der Waals surface area (Å²) in [7, 11) is 0. The Morgan fingerprint density at radius 3 is 1.79 bits per heavy atom. The summed E-state index contributed by atoms with van der Waals surface area (Å²) in [4.78, 5) is 22.8. The molecule has 0 aliphatic heterocycles. The number of ketones is 2. The van der Waals surface area contributed by atoms with Crippen molar-refractivity contribution in [1.82, 2.24) is 0 Å². The van der Waals surface area contributed by atoms with Gasteiger partial charge in [-0.1, -0.05) is 51.7 Å². The van der Waals surface area contributed by atoms with Crippen LogP contribution in [0, 0.1) is 0 Å². The van der Waals surface area contributed by atoms with E-state index >= 15 is 0 Å². The van der Waals surface area contributed by atoms with Crippen LogP contribution in [0.4, 0.5) is 0 Å². The summed E-state index contributed by atoms with van der Waals surface area (Å²) in [5, 5.41) is 0. The number of rotatable bonds is 12. The van der Waals surface area contributed by atoms with Gasteiger partial charge in [0, 0.05) is 12.8 Å². The summed E-state index contributed by atoms with van der Waals surface area (Å²) in [6, 6.07) is 0. The molecular formula is C17H28O2. The zero-order chi connectivity index (χ0) is 14.3. The number of carbonyl (C=O) groups is 2. The number of hydrogen-bond donors (Lipinski definition) is 0. The second-order valence-corrected chi connectivity index (χ2v) is 4.89. The highest BCUT2D eigenvalue weighted by Crippen LogP contribution is 2.03. The van der Waals surface area contributed by atoms with Crippen LogP contribution in [0.3, 0.4) is 0 Å². The van der Waals surface area contributed by atoms with E-state index in [9.17, 15) is 9.59 Å². The number of carbonyl (C=O) groups excluding carboxylic acids is 2. The molecule has 0 rings (SSSR count). The van der Waals surface area contributed by atoms with Crippen LogP contribution in [-0.4, -0.2) is 11.6 Å². The molecule has 0 saturated carbocycles. The summed E-state index contributed by atoms with van der Waals surface area (Å²) < 4.78 is 0. The van der Waals surface area contributed by atoms with Crippen molar-refractivity contribution >= 4 is 11.6 Å². The van der Waals surface area contributed by atoms with E-state index in [2.05, 4.69) is 13.8 Å². The summed E-state index contributed by atoms with van der Waals surface area (Å²) in [5.74, 6) is 0.378. The predicted octanol–water partition coefficient (Wildman–Crippen LogP) is 4.79. The van der Waals surface area contributed by atoms with E-state index in [1.165, 1.54) is 12.8 Å². The van der Waals surface area contributed by atoms with Crippen molar-refractivity contribution < 1.29 is 9.59 Å². The van der Waals surface area contributed by atoms with Crippen LogP contribution < -0.4 is 0 Å². The first kappa shape index (κ1) is 17.8. The van der Waals surface area contributed by atoms with Gasteiger partial charge >= 0.3 is 0 Å². The van der Waals surface area contributed by atoms with Gasteiger partial charge in [-0.3, -0.25) is 9.59 Å². The van der Waals surface area contributed by atoms with E-state index < -0.39 is 0 Å². The Kier molecular flexibility index (Phi) is 12.4. The minimum absolute atomic E-state index is 0.182. The normalized spacial score (nSPS) is 11.5. The Labute approximate surface area is 118 Å². The van der Waals surface area contributed by atoms with E-state index in [0.717, 1.165) is 25.7 Å². The molecule has 0 atom stereocenters. The van der Waals surface area contributed by atoms with Crippen LogP contribution in [0.5, 0.6) is 0 Å². The second kappa shape index (κ2) is 13.3. The molecule has 0 bridgehead atoms. The van der Waals surface area contributed by atoms with Crippen LogP contribution in [0.15, 0.2) is 24.3 Å². The Hall–Kier alpha value is -1.18. The summed E-state index contributed by atoms with van der Waals surface area (Å²) in [5.41, 5.74) is 0. The second-order valence-electron chi connectivity index (χ2n) is 4.89. The van der Waals surface area contributed by atoms with Gasteiger partial charge < -0.3 is 0 Å². The number of hydrogen-bond acceptors (Lipinski definition) is 2. The van der Waals surface area contributed by atoms with E-state index in [4.69, 9.17) is 0 Å². The zero-order valence-electron chi connectivity index (χ0n) is 12.5. The van der Waals surface area contributed by atoms with Crippen LogP contribution in [-0.2, 0) is 9.59 Å². The minimum atomic E-state index is 0.182. The third-order valence-corrected chi connectivity index (χ3v) is 2.93. The Bertz CT molecular complexity index is 300. The highest BCUT2D eigenvalue weighted by molar-refractivity contribution is 5.90. The molecule has 0 aromatic heterocycles. The zero-order valence-corrected chi connectivity index (χ0v) is 12.5. The van der Waals surface area contributed by atoms with Crippen molar-refractivity contribution in [2.45, 2.75) is 71.6 Å². The quantitative estimate of drug-likeness (QED) is 0.375. The molecule has 0 aromatic carbocycles. The van der Waals surface area contributed by atoms with Crippen molar-refractivity contribution in [3.05, 3.63) is 24.3 Å². The van der Waals surface area contributed by atoms with Crippen LogP contribution in [0.2, 0.25) is 0 Å². The Morgan fingerprint density at radius 2 is 1.26 bits per heavy atom. The van der Waals surface area contributed by atoms with Crippen molar-refractivity contribution in [3.8, 4) is 0 Å². The lowest BCUT2D eigenvalue weighted by Gasteiger charge is -1.95. The molecule has 2 heteroatoms. The van der Waals surface area contributed by atoms with Crippen LogP contribution in [0.25, 0.3) is 0 Å². The largest absolute Gasteiger partial charge is 0.295 e. The van der Waals surface area contributed by atoms with Crippen LogP contribution >= 0.6 is 0 Å². The van der Waals surface area contributed by atoms with E-state index in [1.807, 2.05) is 12.2 Å². The highest BCUT2D eigenvalue weighted by atomic mass is 16.1. The lowest BCUT2D eigenvalue weighted by atomic mass is 10.1. The predicted molar refractivity (Wildman–Crippen MR) is 81.2 cm³/mol. The Morgan fingerprint density at radius 1 is 0.737 bits per heavy atom. The molecule has 108 valence electrons. The van der Waals surface area contributed by atoms with Gasteiger partial charge in [-0.25, -0.2) is 0 Å². The van der Waals surface area contributed by atoms with Gasteiger partial charge in [0.1, 0.15) is 0 Å². The van der Waals surface area contributed by atoms with Gasteiger partial charge in [0.05, 0.1) is 0 Å². The molecule has 0 spiro atoms. The molecule has 0 saturated heterocycles. The monoisotopic (exact) mass is 264 g/mol. The van der Waals surface area contributed by atoms with E-state index in [-0.39, 0.29) is 11.6 Å². The molecule has 2 nitrogen and oxygen atoms in total. The smallest absolute Gasteiger partial charge is 0.155 e. The van der Waals surface area contributed by atoms with Crippen LogP contribution in [0.1, 0.15) is 71.6 Å². The topological polar surface area (TPSA) is 34.1 Å². The fourth-order valence-electron chi connectivity index (χ4n) is 1.72. The first-order valence-corrected chi connectivity index (χ1v) is 7.59. The van der Waals surface area contributed by atoms with Crippen molar-refractivity contribution in [3.63, 3.8) is 0 Å². The van der Waals surface area contributed by atoms with Gasteiger partial charge in [-0.05, 0) is 31.4 Å². The molecule has 0 heterocycles. The molecule has 0 aliphatic carbocycles. The molecule has 19 heavy (non-hydrogen) atoms. The molecule has 0 unspecified atom stereocenters. The first-order chi connectivity index (χ1) is 9.20. The molecule has 0 aliphatic rings. The summed E-state index contributed by atoms with van der Waals surface area (Å²) in [6.45, 7) is 4.24. The number of allylic oxidation sites excluding steroid dienone is 4. The highest BCUT2D eigenvalue weighted by Gasteiger charge is 1.96. The van der Waals surface area contributed by atoms with Gasteiger partial charge in [0.25, 0.3) is 0 Å². The summed E-state index contributed by atoms with van der Waals surface area (Å²) >= 11 is 0.